The van der Waals surface area contributed by atoms with E-state index in [9.17, 15) is 4.79 Å². The van der Waals surface area contributed by atoms with Crippen molar-refractivity contribution >= 4 is 6.16 Å². The summed E-state index contributed by atoms with van der Waals surface area (Å²) in [5, 5.41) is 0. The van der Waals surface area contributed by atoms with Gasteiger partial charge in [0.25, 0.3) is 0 Å². The third-order valence-corrected chi connectivity index (χ3v) is 3.58. The quantitative estimate of drug-likeness (QED) is 0.279. The molecule has 0 aliphatic heterocycles. The Morgan fingerprint density at radius 3 is 2.67 bits per heavy atom. The van der Waals surface area contributed by atoms with E-state index in [1.165, 1.54) is 25.7 Å². The molecule has 0 bridgehead atoms. The minimum absolute atomic E-state index is 0.0139. The van der Waals surface area contributed by atoms with Gasteiger partial charge in [0.2, 0.25) is 0 Å². The molecule has 1 unspecified atom stereocenters. The summed E-state index contributed by atoms with van der Waals surface area (Å²) in [6, 6.07) is 0. The molecule has 3 nitrogen and oxygen atoms in total. The molecule has 0 aliphatic rings. The van der Waals surface area contributed by atoms with Crippen LogP contribution in [0.5, 0.6) is 0 Å². The fourth-order valence-corrected chi connectivity index (χ4v) is 2.06. The second-order valence-electron chi connectivity index (χ2n) is 4.74. The van der Waals surface area contributed by atoms with Crippen LogP contribution in [0.3, 0.4) is 0 Å². The number of hydrogen-bond donors (Lipinski definition) is 0. The van der Waals surface area contributed by atoms with E-state index in [0.717, 1.165) is 12.8 Å². The summed E-state index contributed by atoms with van der Waals surface area (Å²) in [5.41, 5.74) is 2.87. The van der Waals surface area contributed by atoms with E-state index in [2.05, 4.69) is 28.6 Å². The zero-order chi connectivity index (χ0) is 13.9. The van der Waals surface area contributed by atoms with E-state index in [1.54, 1.807) is 0 Å². The van der Waals surface area contributed by atoms with Crippen LogP contribution in [-0.4, -0.2) is 12.8 Å². The van der Waals surface area contributed by atoms with Crippen molar-refractivity contribution in [3.8, 4) is 0 Å². The standard InChI is InChI=1S/C14H24O3.Pu/c1-4-6-7-8-10-14(3,9-5-2)11-12-17-13(15)16;/h9H,2,4,6-8,10-12H2,1,3H3,(H,15,16);/q;+1/p-1. The topological polar surface area (TPSA) is 35.5 Å². The minimum atomic E-state index is -0.563. The van der Waals surface area contributed by atoms with Crippen LogP contribution in [0.1, 0.15) is 52.4 Å². The molecular weight excluding hydrogens is 460 g/mol. The zero-order valence-corrected chi connectivity index (χ0v) is 14.8. The molecule has 0 N–H and O–H groups in total. The first-order valence-corrected chi connectivity index (χ1v) is 7.80. The van der Waals surface area contributed by atoms with Crippen LogP contribution < -0.4 is 0 Å². The van der Waals surface area contributed by atoms with Gasteiger partial charge >= 0.3 is 129 Å². The number of carbonyl (C=O) groups is 1. The Morgan fingerprint density at radius 2 is 2.11 bits per heavy atom. The maximum absolute atomic E-state index is 10.9. The first kappa shape index (κ1) is 17.8. The van der Waals surface area contributed by atoms with Crippen LogP contribution >= 0.6 is 0 Å². The zero-order valence-electron chi connectivity index (χ0n) is 11.4. The van der Waals surface area contributed by atoms with Crippen molar-refractivity contribution in [2.75, 3.05) is 6.61 Å². The normalized spacial score (nSPS) is 13.3. The molecule has 1 atom stereocenters. The predicted octanol–water partition coefficient (Wildman–Crippen LogP) is 4.31. The van der Waals surface area contributed by atoms with Crippen LogP contribution in [0, 0.1) is 33.5 Å². The summed E-state index contributed by atoms with van der Waals surface area (Å²) in [4.78, 5) is 10.9. The molecule has 0 amide bonds. The number of hydrogen-bond acceptors (Lipinski definition) is 3. The SMILES string of the molecule is C=C=CC(C)(CCCCCC)CCOC(=O)[O][Pu]. The molecule has 103 valence electrons. The van der Waals surface area contributed by atoms with Crippen LogP contribution in [0.15, 0.2) is 18.4 Å². The summed E-state index contributed by atoms with van der Waals surface area (Å²) >= 11 is 0.455. The molecule has 0 radical (unpaired) electrons. The van der Waals surface area contributed by atoms with Crippen LogP contribution in [-0.2, 0) is 7.21 Å². The second-order valence-corrected chi connectivity index (χ2v) is 5.44. The molecule has 0 saturated heterocycles. The van der Waals surface area contributed by atoms with E-state index in [4.69, 9.17) is 4.74 Å². The van der Waals surface area contributed by atoms with Crippen molar-refractivity contribution in [3.05, 3.63) is 18.4 Å². The molecule has 0 aromatic rings. The van der Waals surface area contributed by atoms with Gasteiger partial charge in [-0.1, -0.05) is 0 Å². The van der Waals surface area contributed by atoms with Crippen molar-refractivity contribution in [1.29, 1.82) is 0 Å². The molecule has 0 fully saturated rings. The second kappa shape index (κ2) is 10.7. The van der Waals surface area contributed by atoms with Crippen molar-refractivity contribution in [2.24, 2.45) is 5.41 Å². The van der Waals surface area contributed by atoms with Crippen molar-refractivity contribution in [3.63, 3.8) is 0 Å². The molecule has 0 spiro atoms. The molecule has 0 saturated carbocycles. The Balaban J connectivity index is 4.08. The number of unbranched alkanes of at least 4 members (excludes halogenated alkanes) is 3. The molecule has 18 heavy (non-hydrogen) atoms. The molecule has 0 aliphatic carbocycles. The summed E-state index contributed by atoms with van der Waals surface area (Å²) in [5.74, 6) is 0. The fraction of sp³-hybridized carbons (Fsp3) is 0.714. The van der Waals surface area contributed by atoms with Gasteiger partial charge in [0.15, 0.2) is 0 Å². The monoisotopic (exact) mass is 477 g/mol. The maximum atomic E-state index is 10.9. The van der Waals surface area contributed by atoms with Gasteiger partial charge in [-0.05, 0) is 0 Å². The average molecular weight is 483 g/mol. The third kappa shape index (κ3) is 8.81. The average Bonchev–Trinajstić information content (AvgIpc) is 2.35. The van der Waals surface area contributed by atoms with Gasteiger partial charge in [-0.3, -0.25) is 0 Å². The Morgan fingerprint density at radius 1 is 1.39 bits per heavy atom. The van der Waals surface area contributed by atoms with E-state index in [1.807, 2.05) is 6.08 Å². The van der Waals surface area contributed by atoms with Gasteiger partial charge in [-0.15, -0.1) is 0 Å². The van der Waals surface area contributed by atoms with Crippen molar-refractivity contribution in [2.45, 2.75) is 52.4 Å². The van der Waals surface area contributed by atoms with Gasteiger partial charge in [0.05, 0.1) is 0 Å². The van der Waals surface area contributed by atoms with E-state index < -0.39 is 6.16 Å². The summed E-state index contributed by atoms with van der Waals surface area (Å²) in [7, 11) is 0. The van der Waals surface area contributed by atoms with Gasteiger partial charge in [-0.2, -0.15) is 0 Å². The van der Waals surface area contributed by atoms with Gasteiger partial charge in [0.1, 0.15) is 0 Å². The van der Waals surface area contributed by atoms with E-state index >= 15 is 0 Å². The molecule has 0 rings (SSSR count). The van der Waals surface area contributed by atoms with Gasteiger partial charge in [0, 0.05) is 0 Å². The summed E-state index contributed by atoms with van der Waals surface area (Å²) in [6.07, 6.45) is 8.25. The van der Waals surface area contributed by atoms with Crippen LogP contribution in [0.25, 0.3) is 0 Å². The molecule has 0 heterocycles. The van der Waals surface area contributed by atoms with Gasteiger partial charge < -0.3 is 0 Å². The number of allylic oxidation sites excluding steroid dienone is 1. The van der Waals surface area contributed by atoms with E-state index in [-0.39, 0.29) is 5.41 Å². The predicted molar refractivity (Wildman–Crippen MR) is 67.6 cm³/mol. The molecule has 0 aromatic heterocycles. The first-order valence-electron chi connectivity index (χ1n) is 6.41. The Labute approximate surface area is 128 Å². The Bertz CT molecular complexity index is 285. The number of ether oxygens (including phenoxy) is 1. The molecule has 0 aromatic carbocycles. The van der Waals surface area contributed by atoms with E-state index in [0.29, 0.717) is 34.6 Å². The Hall–Kier alpha value is -0.223. The molecular formula is C14H23O3Pu. The summed E-state index contributed by atoms with van der Waals surface area (Å²) < 4.78 is 9.53. The number of rotatable bonds is 9. The summed E-state index contributed by atoms with van der Waals surface area (Å²) in [6.45, 7) is 8.40. The van der Waals surface area contributed by atoms with Gasteiger partial charge in [-0.25, -0.2) is 0 Å². The molecule has 4 heteroatoms. The first-order chi connectivity index (χ1) is 8.58. The Kier molecular flexibility index (Phi) is 10.5. The van der Waals surface area contributed by atoms with Crippen molar-refractivity contribution in [1.82, 2.24) is 0 Å². The van der Waals surface area contributed by atoms with Crippen LogP contribution in [0.4, 0.5) is 4.79 Å². The fourth-order valence-electron chi connectivity index (χ4n) is 1.86. The van der Waals surface area contributed by atoms with Crippen LogP contribution in [0.2, 0.25) is 0 Å². The number of carbonyl (C=O) groups excluding carboxylic acids is 1. The van der Waals surface area contributed by atoms with Crippen molar-refractivity contribution < 1.29 is 40.0 Å². The third-order valence-electron chi connectivity index (χ3n) is 3.01.